The molecule has 0 aliphatic heterocycles. The van der Waals surface area contributed by atoms with Gasteiger partial charge < -0.3 is 5.11 Å². The van der Waals surface area contributed by atoms with Crippen LogP contribution in [0.4, 0.5) is 0 Å². The number of halogens is 1. The third-order valence-electron chi connectivity index (χ3n) is 1.85. The Bertz CT molecular complexity index is 308. The second-order valence-electron chi connectivity index (χ2n) is 2.71. The minimum Gasteiger partial charge on any atom is -0.478 e. The molecule has 3 heteroatoms. The lowest BCUT2D eigenvalue weighted by molar-refractivity contribution is 0.0696. The lowest BCUT2D eigenvalue weighted by Gasteiger charge is -2.04. The summed E-state index contributed by atoms with van der Waals surface area (Å²) < 4.78 is 0.847. The number of aryl methyl sites for hydroxylation is 1. The quantitative estimate of drug-likeness (QED) is 0.803. The van der Waals surface area contributed by atoms with E-state index in [1.807, 2.05) is 13.8 Å². The Kier molecular flexibility index (Phi) is 2.52. The van der Waals surface area contributed by atoms with Gasteiger partial charge in [-0.3, -0.25) is 0 Å². The first-order valence-electron chi connectivity index (χ1n) is 3.52. The van der Waals surface area contributed by atoms with Crippen molar-refractivity contribution in [3.63, 3.8) is 0 Å². The van der Waals surface area contributed by atoms with E-state index in [0.717, 1.165) is 15.6 Å². The number of hydrogen-bond acceptors (Lipinski definition) is 1. The third-order valence-corrected chi connectivity index (χ3v) is 2.67. The summed E-state index contributed by atoms with van der Waals surface area (Å²) in [5.74, 6) is -0.890. The van der Waals surface area contributed by atoms with Gasteiger partial charge in [0.05, 0.1) is 5.56 Å². The van der Waals surface area contributed by atoms with E-state index in [-0.39, 0.29) is 0 Å². The molecule has 0 bridgehead atoms. The molecule has 12 heavy (non-hydrogen) atoms. The Balaban J connectivity index is 3.31. The van der Waals surface area contributed by atoms with Crippen LogP contribution in [0, 0.1) is 13.8 Å². The number of carbonyl (C=O) groups is 1. The second-order valence-corrected chi connectivity index (χ2v) is 3.56. The van der Waals surface area contributed by atoms with E-state index < -0.39 is 5.97 Å². The van der Waals surface area contributed by atoms with Gasteiger partial charge in [-0.2, -0.15) is 0 Å². The van der Waals surface area contributed by atoms with Crippen LogP contribution < -0.4 is 0 Å². The van der Waals surface area contributed by atoms with E-state index in [1.165, 1.54) is 0 Å². The summed E-state index contributed by atoms with van der Waals surface area (Å²) in [6.07, 6.45) is 0. The predicted octanol–water partition coefficient (Wildman–Crippen LogP) is 2.76. The summed E-state index contributed by atoms with van der Waals surface area (Å²) in [6.45, 7) is 3.84. The van der Waals surface area contributed by atoms with Crippen LogP contribution in [0.15, 0.2) is 16.6 Å². The number of rotatable bonds is 1. The van der Waals surface area contributed by atoms with Crippen LogP contribution in [0.25, 0.3) is 0 Å². The zero-order valence-corrected chi connectivity index (χ0v) is 8.47. The molecule has 1 aromatic rings. The SMILES string of the molecule is Cc1cc(C(=O)O)cc(Br)c1C. The van der Waals surface area contributed by atoms with E-state index in [0.29, 0.717) is 5.56 Å². The molecular weight excluding hydrogens is 220 g/mol. The molecule has 0 fully saturated rings. The standard InChI is InChI=1S/C9H9BrO2/c1-5-3-7(9(11)12)4-8(10)6(5)2/h3-4H,1-2H3,(H,11,12). The van der Waals surface area contributed by atoms with E-state index in [1.54, 1.807) is 12.1 Å². The largest absolute Gasteiger partial charge is 0.478 e. The van der Waals surface area contributed by atoms with Crippen molar-refractivity contribution >= 4 is 21.9 Å². The molecule has 0 amide bonds. The van der Waals surface area contributed by atoms with Crippen LogP contribution in [-0.2, 0) is 0 Å². The number of aromatic carboxylic acids is 1. The van der Waals surface area contributed by atoms with Crippen LogP contribution in [0.3, 0.4) is 0 Å². The highest BCUT2D eigenvalue weighted by Crippen LogP contribution is 2.21. The molecule has 0 radical (unpaired) electrons. The molecular formula is C9H9BrO2. The zero-order chi connectivity index (χ0) is 9.30. The summed E-state index contributed by atoms with van der Waals surface area (Å²) in [7, 11) is 0. The van der Waals surface area contributed by atoms with E-state index in [9.17, 15) is 4.79 Å². The first-order valence-corrected chi connectivity index (χ1v) is 4.31. The van der Waals surface area contributed by atoms with Crippen molar-refractivity contribution < 1.29 is 9.90 Å². The maximum atomic E-state index is 10.6. The lowest BCUT2D eigenvalue weighted by Crippen LogP contribution is -1.98. The van der Waals surface area contributed by atoms with Gasteiger partial charge in [-0.25, -0.2) is 4.79 Å². The molecule has 1 N–H and O–H groups in total. The first-order chi connectivity index (χ1) is 5.52. The molecule has 0 heterocycles. The Labute approximate surface area is 79.3 Å². The van der Waals surface area contributed by atoms with Crippen molar-refractivity contribution in [1.29, 1.82) is 0 Å². The minimum atomic E-state index is -0.890. The average Bonchev–Trinajstić information content (AvgIpc) is 1.99. The van der Waals surface area contributed by atoms with E-state index in [2.05, 4.69) is 15.9 Å². The monoisotopic (exact) mass is 228 g/mol. The van der Waals surface area contributed by atoms with Crippen molar-refractivity contribution in [1.82, 2.24) is 0 Å². The molecule has 0 saturated heterocycles. The van der Waals surface area contributed by atoms with Gasteiger partial charge in [-0.1, -0.05) is 15.9 Å². The molecule has 0 atom stereocenters. The molecule has 0 aliphatic carbocycles. The van der Waals surface area contributed by atoms with Gasteiger partial charge in [0.2, 0.25) is 0 Å². The Morgan fingerprint density at radius 2 is 2.00 bits per heavy atom. The minimum absolute atomic E-state index is 0.324. The molecule has 0 saturated carbocycles. The van der Waals surface area contributed by atoms with Gasteiger partial charge in [0.15, 0.2) is 0 Å². The van der Waals surface area contributed by atoms with Crippen LogP contribution in [0.5, 0.6) is 0 Å². The fourth-order valence-electron chi connectivity index (χ4n) is 0.940. The van der Waals surface area contributed by atoms with E-state index >= 15 is 0 Å². The Morgan fingerprint density at radius 3 is 2.42 bits per heavy atom. The Hall–Kier alpha value is -0.830. The van der Waals surface area contributed by atoms with Gasteiger partial charge in [-0.15, -0.1) is 0 Å². The highest BCUT2D eigenvalue weighted by molar-refractivity contribution is 9.10. The fraction of sp³-hybridized carbons (Fsp3) is 0.222. The normalized spacial score (nSPS) is 9.92. The number of carboxylic acid groups (broad SMARTS) is 1. The van der Waals surface area contributed by atoms with Crippen molar-refractivity contribution in [2.75, 3.05) is 0 Å². The van der Waals surface area contributed by atoms with Crippen LogP contribution in [0.2, 0.25) is 0 Å². The van der Waals surface area contributed by atoms with E-state index in [4.69, 9.17) is 5.11 Å². The molecule has 2 nitrogen and oxygen atoms in total. The molecule has 0 aliphatic rings. The summed E-state index contributed by atoms with van der Waals surface area (Å²) in [6, 6.07) is 3.28. The van der Waals surface area contributed by atoms with Crippen LogP contribution in [0.1, 0.15) is 21.5 Å². The van der Waals surface area contributed by atoms with Crippen molar-refractivity contribution in [3.8, 4) is 0 Å². The Morgan fingerprint density at radius 1 is 1.42 bits per heavy atom. The topological polar surface area (TPSA) is 37.3 Å². The van der Waals surface area contributed by atoms with Gasteiger partial charge in [0.25, 0.3) is 0 Å². The molecule has 1 rings (SSSR count). The molecule has 0 unspecified atom stereocenters. The van der Waals surface area contributed by atoms with Crippen LogP contribution >= 0.6 is 15.9 Å². The summed E-state index contributed by atoms with van der Waals surface area (Å²) >= 11 is 3.30. The molecule has 1 aromatic carbocycles. The van der Waals surface area contributed by atoms with Gasteiger partial charge >= 0.3 is 5.97 Å². The number of benzene rings is 1. The second kappa shape index (κ2) is 3.27. The number of hydrogen-bond donors (Lipinski definition) is 1. The zero-order valence-electron chi connectivity index (χ0n) is 6.89. The van der Waals surface area contributed by atoms with Gasteiger partial charge in [0, 0.05) is 4.47 Å². The fourth-order valence-corrected chi connectivity index (χ4v) is 1.50. The predicted molar refractivity (Wildman–Crippen MR) is 50.6 cm³/mol. The third kappa shape index (κ3) is 1.67. The van der Waals surface area contributed by atoms with Crippen molar-refractivity contribution in [2.45, 2.75) is 13.8 Å². The lowest BCUT2D eigenvalue weighted by atomic mass is 10.1. The smallest absolute Gasteiger partial charge is 0.335 e. The van der Waals surface area contributed by atoms with Crippen LogP contribution in [-0.4, -0.2) is 11.1 Å². The summed E-state index contributed by atoms with van der Waals surface area (Å²) in [5.41, 5.74) is 2.40. The first kappa shape index (κ1) is 9.26. The van der Waals surface area contributed by atoms with Gasteiger partial charge in [-0.05, 0) is 37.1 Å². The maximum absolute atomic E-state index is 10.6. The molecule has 0 aromatic heterocycles. The van der Waals surface area contributed by atoms with Crippen molar-refractivity contribution in [2.24, 2.45) is 0 Å². The number of carboxylic acids is 1. The maximum Gasteiger partial charge on any atom is 0.335 e. The summed E-state index contributed by atoms with van der Waals surface area (Å²) in [5, 5.41) is 8.70. The molecule has 0 spiro atoms. The highest BCUT2D eigenvalue weighted by atomic mass is 79.9. The van der Waals surface area contributed by atoms with Gasteiger partial charge in [0.1, 0.15) is 0 Å². The van der Waals surface area contributed by atoms with Crippen molar-refractivity contribution in [3.05, 3.63) is 33.3 Å². The molecule has 64 valence electrons. The highest BCUT2D eigenvalue weighted by Gasteiger charge is 2.06. The average molecular weight is 229 g/mol. The summed E-state index contributed by atoms with van der Waals surface area (Å²) in [4.78, 5) is 10.6.